The van der Waals surface area contributed by atoms with E-state index in [9.17, 15) is 30.3 Å². The molecule has 0 aromatic rings. The number of amides is 1. The molecule has 7 atom stereocenters. The van der Waals surface area contributed by atoms with Crippen molar-refractivity contribution in [1.82, 2.24) is 5.32 Å². The minimum atomic E-state index is -1.57. The summed E-state index contributed by atoms with van der Waals surface area (Å²) in [5, 5.41) is 54.5. The van der Waals surface area contributed by atoms with Gasteiger partial charge in [0.15, 0.2) is 6.29 Å². The van der Waals surface area contributed by atoms with Gasteiger partial charge in [0.2, 0.25) is 5.91 Å². The average Bonchev–Trinajstić information content (AvgIpc) is 3.40. The van der Waals surface area contributed by atoms with Gasteiger partial charge in [-0.1, -0.05) is 279 Å². The number of carbonyl (C=O) groups excluding carboxylic acids is 1. The van der Waals surface area contributed by atoms with Gasteiger partial charge >= 0.3 is 0 Å². The predicted octanol–water partition coefficient (Wildman–Crippen LogP) is 16.0. The smallest absolute Gasteiger partial charge is 0.220 e. The number of rotatable bonds is 53. The Bertz CT molecular complexity index is 1390. The summed E-state index contributed by atoms with van der Waals surface area (Å²) in [6.07, 6.45) is 68.4. The third kappa shape index (κ3) is 42.7. The second kappa shape index (κ2) is 54.0. The monoisotopic (exact) mass is 1040 g/mol. The van der Waals surface area contributed by atoms with Crippen molar-refractivity contribution in [2.24, 2.45) is 0 Å². The zero-order valence-electron chi connectivity index (χ0n) is 47.8. The van der Waals surface area contributed by atoms with Crippen LogP contribution in [0, 0.1) is 0 Å². The lowest BCUT2D eigenvalue weighted by molar-refractivity contribution is -0.302. The molecule has 430 valence electrons. The van der Waals surface area contributed by atoms with Gasteiger partial charge in [-0.25, -0.2) is 0 Å². The summed E-state index contributed by atoms with van der Waals surface area (Å²) in [5.74, 6) is -0.175. The number of carbonyl (C=O) groups is 1. The van der Waals surface area contributed by atoms with Crippen molar-refractivity contribution in [3.05, 3.63) is 72.9 Å². The fourth-order valence-electron chi connectivity index (χ4n) is 9.66. The molecule has 9 nitrogen and oxygen atoms in total. The second-order valence-electron chi connectivity index (χ2n) is 21.5. The van der Waals surface area contributed by atoms with E-state index in [1.54, 1.807) is 6.08 Å². The van der Waals surface area contributed by atoms with Crippen LogP contribution in [-0.2, 0) is 14.3 Å². The molecule has 1 saturated heterocycles. The van der Waals surface area contributed by atoms with Crippen LogP contribution >= 0.6 is 0 Å². The van der Waals surface area contributed by atoms with Crippen LogP contribution in [0.15, 0.2) is 72.9 Å². The van der Waals surface area contributed by atoms with E-state index in [-0.39, 0.29) is 12.5 Å². The third-order valence-corrected chi connectivity index (χ3v) is 14.5. The Morgan fingerprint density at radius 2 is 0.838 bits per heavy atom. The highest BCUT2D eigenvalue weighted by atomic mass is 16.7. The molecule has 0 aromatic carbocycles. The number of ether oxygens (including phenoxy) is 2. The van der Waals surface area contributed by atoms with E-state index in [1.807, 2.05) is 6.08 Å². The molecule has 9 heteroatoms. The molecule has 1 rings (SSSR count). The zero-order chi connectivity index (χ0) is 53.6. The summed E-state index contributed by atoms with van der Waals surface area (Å²) in [4.78, 5) is 13.1. The maximum absolute atomic E-state index is 13.1. The number of hydrogen-bond donors (Lipinski definition) is 6. The lowest BCUT2D eigenvalue weighted by atomic mass is 9.99. The van der Waals surface area contributed by atoms with Crippen molar-refractivity contribution < 1.29 is 39.8 Å². The van der Waals surface area contributed by atoms with Crippen LogP contribution in [0.3, 0.4) is 0 Å². The van der Waals surface area contributed by atoms with Crippen LogP contribution in [-0.4, -0.2) is 87.5 Å². The lowest BCUT2D eigenvalue weighted by Gasteiger charge is -2.40. The van der Waals surface area contributed by atoms with E-state index in [4.69, 9.17) is 9.47 Å². The molecule has 1 heterocycles. The number of allylic oxidation sites excluding steroid dienone is 11. The van der Waals surface area contributed by atoms with Crippen molar-refractivity contribution in [1.29, 1.82) is 0 Å². The fourth-order valence-corrected chi connectivity index (χ4v) is 9.66. The predicted molar refractivity (Wildman–Crippen MR) is 313 cm³/mol. The van der Waals surface area contributed by atoms with Crippen LogP contribution < -0.4 is 5.32 Å². The van der Waals surface area contributed by atoms with E-state index in [2.05, 4.69) is 79.9 Å². The Kier molecular flexibility index (Phi) is 50.8. The van der Waals surface area contributed by atoms with E-state index in [1.165, 1.54) is 186 Å². The number of unbranched alkanes of at least 4 members (excludes halogenated alkanes) is 33. The average molecular weight is 1040 g/mol. The summed E-state index contributed by atoms with van der Waals surface area (Å²) in [7, 11) is 0. The molecule has 1 fully saturated rings. The van der Waals surface area contributed by atoms with Gasteiger partial charge in [-0.2, -0.15) is 0 Å². The van der Waals surface area contributed by atoms with E-state index in [0.29, 0.717) is 6.42 Å². The molecule has 1 amide bonds. The Balaban J connectivity index is 2.11. The normalized spacial score (nSPS) is 19.5. The topological polar surface area (TPSA) is 149 Å². The minimum absolute atomic E-state index is 0.175. The molecule has 74 heavy (non-hydrogen) atoms. The van der Waals surface area contributed by atoms with Crippen molar-refractivity contribution in [3.8, 4) is 0 Å². The highest BCUT2D eigenvalue weighted by molar-refractivity contribution is 5.76. The molecule has 0 spiro atoms. The maximum atomic E-state index is 13.1. The third-order valence-electron chi connectivity index (χ3n) is 14.5. The van der Waals surface area contributed by atoms with Gasteiger partial charge in [0.1, 0.15) is 24.4 Å². The van der Waals surface area contributed by atoms with Crippen molar-refractivity contribution >= 4 is 5.91 Å². The Morgan fingerprint density at radius 3 is 1.24 bits per heavy atom. The summed E-state index contributed by atoms with van der Waals surface area (Å²) < 4.78 is 11.3. The highest BCUT2D eigenvalue weighted by Crippen LogP contribution is 2.23. The molecular weight excluding hydrogens is 923 g/mol. The number of hydrogen-bond acceptors (Lipinski definition) is 8. The SMILES string of the molecule is CC/C=C\C/C=C\C/C=C\C/C=C\C/C=C\CCCCCCCCCCCCCCCCCCCCCC(=O)NC(COC1OC(CO)C(O)C(O)C1O)C(O)/C=C/CCCCCCCCCCCCCCCC. The van der Waals surface area contributed by atoms with Crippen LogP contribution in [0.5, 0.6) is 0 Å². The van der Waals surface area contributed by atoms with Gasteiger partial charge in [0.05, 0.1) is 25.4 Å². The van der Waals surface area contributed by atoms with Crippen molar-refractivity contribution in [2.45, 2.75) is 320 Å². The van der Waals surface area contributed by atoms with Crippen molar-refractivity contribution in [3.63, 3.8) is 0 Å². The first-order valence-corrected chi connectivity index (χ1v) is 31.2. The Labute approximate surface area is 455 Å². The van der Waals surface area contributed by atoms with Crippen LogP contribution in [0.2, 0.25) is 0 Å². The molecule has 0 bridgehead atoms. The number of aliphatic hydroxyl groups is 5. The standard InChI is InChI=1S/C65H117NO8/c1-3-5-7-9-11-13-15-17-19-21-22-23-24-25-26-27-28-29-30-31-32-33-34-35-36-37-38-39-41-43-45-47-49-51-53-55-61(69)66-58(57-73-65-64(72)63(71)62(70)60(56-67)74-65)59(68)54-52-50-48-46-44-42-40-20-18-16-14-12-10-8-6-4-2/h5,7,11,13,17,19,22-23,25-26,52,54,58-60,62-65,67-68,70-72H,3-4,6,8-10,12,14-16,18,20-21,24,27-51,53,55-57H2,1-2H3,(H,66,69)/b7-5-,13-11-,19-17-,23-22-,26-25-,54-52+. The molecule has 1 aliphatic heterocycles. The summed E-state index contributed by atoms with van der Waals surface area (Å²) in [6, 6.07) is -0.806. The van der Waals surface area contributed by atoms with Gasteiger partial charge < -0.3 is 40.3 Å². The number of nitrogens with one attached hydrogen (secondary N) is 1. The van der Waals surface area contributed by atoms with Crippen LogP contribution in [0.1, 0.15) is 277 Å². The number of aliphatic hydroxyl groups excluding tert-OH is 5. The Hall–Kier alpha value is -2.37. The van der Waals surface area contributed by atoms with Gasteiger partial charge in [0, 0.05) is 6.42 Å². The largest absolute Gasteiger partial charge is 0.394 e. The molecule has 1 aliphatic rings. The Morgan fingerprint density at radius 1 is 0.473 bits per heavy atom. The van der Waals surface area contributed by atoms with E-state index >= 15 is 0 Å². The molecular formula is C65H117NO8. The van der Waals surface area contributed by atoms with Gasteiger partial charge in [-0.05, 0) is 64.2 Å². The summed E-state index contributed by atoms with van der Waals surface area (Å²) in [6.45, 7) is 3.68. The minimum Gasteiger partial charge on any atom is -0.394 e. The first kappa shape index (κ1) is 69.6. The van der Waals surface area contributed by atoms with Crippen LogP contribution in [0.4, 0.5) is 0 Å². The zero-order valence-corrected chi connectivity index (χ0v) is 47.8. The lowest BCUT2D eigenvalue weighted by Crippen LogP contribution is -2.60. The highest BCUT2D eigenvalue weighted by Gasteiger charge is 2.44. The summed E-state index contributed by atoms with van der Waals surface area (Å²) >= 11 is 0. The fraction of sp³-hybridized carbons (Fsp3) is 0.800. The molecule has 6 N–H and O–H groups in total. The first-order chi connectivity index (χ1) is 36.3. The van der Waals surface area contributed by atoms with Crippen LogP contribution in [0.25, 0.3) is 0 Å². The van der Waals surface area contributed by atoms with Gasteiger partial charge in [0.25, 0.3) is 0 Å². The van der Waals surface area contributed by atoms with E-state index < -0.39 is 49.5 Å². The molecule has 0 radical (unpaired) electrons. The van der Waals surface area contributed by atoms with Gasteiger partial charge in [-0.3, -0.25) is 4.79 Å². The van der Waals surface area contributed by atoms with E-state index in [0.717, 1.165) is 70.6 Å². The maximum Gasteiger partial charge on any atom is 0.220 e. The second-order valence-corrected chi connectivity index (χ2v) is 21.5. The van der Waals surface area contributed by atoms with Crippen molar-refractivity contribution in [2.75, 3.05) is 13.2 Å². The molecule has 7 unspecified atom stereocenters. The van der Waals surface area contributed by atoms with Gasteiger partial charge in [-0.15, -0.1) is 0 Å². The first-order valence-electron chi connectivity index (χ1n) is 31.2. The summed E-state index contributed by atoms with van der Waals surface area (Å²) in [5.41, 5.74) is 0. The molecule has 0 aliphatic carbocycles. The quantitative estimate of drug-likeness (QED) is 0.0261. The molecule has 0 aromatic heterocycles. The molecule has 0 saturated carbocycles.